The first kappa shape index (κ1) is 18.0. The fourth-order valence-electron chi connectivity index (χ4n) is 3.41. The molecular formula is C15H26N2O5S. The number of esters is 1. The van der Waals surface area contributed by atoms with Crippen LogP contribution in [0.2, 0.25) is 0 Å². The van der Waals surface area contributed by atoms with Gasteiger partial charge in [-0.2, -0.15) is 0 Å². The number of amides is 2. The van der Waals surface area contributed by atoms with Crippen molar-refractivity contribution in [1.82, 2.24) is 10.2 Å². The van der Waals surface area contributed by atoms with Crippen LogP contribution in [0.1, 0.15) is 39.0 Å². The van der Waals surface area contributed by atoms with Crippen LogP contribution in [0.4, 0.5) is 4.79 Å². The molecule has 2 rings (SSSR count). The van der Waals surface area contributed by atoms with Crippen molar-refractivity contribution in [3.05, 3.63) is 0 Å². The number of hydrogen-bond donors (Lipinski definition) is 1. The molecule has 0 aromatic carbocycles. The number of rotatable bonds is 5. The summed E-state index contributed by atoms with van der Waals surface area (Å²) in [5.74, 6) is -0.242. The molecule has 1 saturated carbocycles. The lowest BCUT2D eigenvalue weighted by molar-refractivity contribution is -0.154. The Bertz CT molecular complexity index is 554. The van der Waals surface area contributed by atoms with E-state index in [0.717, 1.165) is 25.7 Å². The number of urea groups is 1. The summed E-state index contributed by atoms with van der Waals surface area (Å²) in [4.78, 5) is 26.0. The lowest BCUT2D eigenvalue weighted by atomic mass is 9.86. The van der Waals surface area contributed by atoms with E-state index in [9.17, 15) is 18.0 Å². The molecule has 0 unspecified atom stereocenters. The average molecular weight is 346 g/mol. The molecule has 1 aliphatic carbocycles. The maximum absolute atomic E-state index is 12.3. The first-order valence-corrected chi connectivity index (χ1v) is 10.1. The van der Waals surface area contributed by atoms with E-state index < -0.39 is 20.5 Å². The highest BCUT2D eigenvalue weighted by Crippen LogP contribution is 2.38. The monoisotopic (exact) mass is 346 g/mol. The molecule has 0 aromatic rings. The molecule has 0 aromatic heterocycles. The number of sulfone groups is 1. The van der Waals surface area contributed by atoms with E-state index in [-0.39, 0.29) is 25.1 Å². The third-order valence-electron chi connectivity index (χ3n) is 4.88. The van der Waals surface area contributed by atoms with Gasteiger partial charge in [0, 0.05) is 25.9 Å². The van der Waals surface area contributed by atoms with Crippen LogP contribution < -0.4 is 5.32 Å². The summed E-state index contributed by atoms with van der Waals surface area (Å²) < 4.78 is 28.3. The summed E-state index contributed by atoms with van der Waals surface area (Å²) >= 11 is 0. The fourth-order valence-corrected chi connectivity index (χ4v) is 4.39. The van der Waals surface area contributed by atoms with Crippen LogP contribution in [0.5, 0.6) is 0 Å². The summed E-state index contributed by atoms with van der Waals surface area (Å²) in [5.41, 5.74) is -0.623. The van der Waals surface area contributed by atoms with Crippen molar-refractivity contribution < 1.29 is 22.7 Å². The van der Waals surface area contributed by atoms with Crippen molar-refractivity contribution >= 4 is 21.8 Å². The van der Waals surface area contributed by atoms with Crippen LogP contribution >= 0.6 is 0 Å². The molecule has 0 spiro atoms. The molecule has 0 radical (unpaired) electrons. The standard InChI is InChI=1S/C15H26N2O5S/c1-3-22-13(18)15(7-4-5-8-15)11-16-14(19)17-9-6-12(10-17)23(2,20)21/h12H,3-11H2,1-2H3,(H,16,19)/t12-/m0/s1. The number of nitrogens with zero attached hydrogens (tertiary/aromatic N) is 1. The van der Waals surface area contributed by atoms with Crippen LogP contribution in [0.15, 0.2) is 0 Å². The minimum Gasteiger partial charge on any atom is -0.466 e. The second kappa shape index (κ2) is 7.07. The summed E-state index contributed by atoms with van der Waals surface area (Å²) in [6.07, 6.45) is 5.02. The van der Waals surface area contributed by atoms with E-state index in [4.69, 9.17) is 4.74 Å². The van der Waals surface area contributed by atoms with Gasteiger partial charge in [-0.15, -0.1) is 0 Å². The van der Waals surface area contributed by atoms with Gasteiger partial charge in [-0.25, -0.2) is 13.2 Å². The zero-order valence-corrected chi connectivity index (χ0v) is 14.7. The van der Waals surface area contributed by atoms with Gasteiger partial charge in [-0.05, 0) is 26.2 Å². The van der Waals surface area contributed by atoms with Gasteiger partial charge in [0.2, 0.25) is 0 Å². The summed E-state index contributed by atoms with van der Waals surface area (Å²) in [6, 6.07) is -0.299. The molecule has 7 nitrogen and oxygen atoms in total. The Morgan fingerprint density at radius 2 is 1.96 bits per heavy atom. The van der Waals surface area contributed by atoms with Gasteiger partial charge in [0.25, 0.3) is 0 Å². The highest BCUT2D eigenvalue weighted by molar-refractivity contribution is 7.91. The van der Waals surface area contributed by atoms with E-state index in [1.54, 1.807) is 6.92 Å². The Kier molecular flexibility index (Phi) is 5.54. The number of likely N-dealkylation sites (tertiary alicyclic amines) is 1. The van der Waals surface area contributed by atoms with Gasteiger partial charge in [-0.3, -0.25) is 4.79 Å². The first-order chi connectivity index (χ1) is 10.8. The second-order valence-electron chi connectivity index (χ2n) is 6.55. The number of carbonyl (C=O) groups is 2. The number of carbonyl (C=O) groups excluding carboxylic acids is 2. The largest absolute Gasteiger partial charge is 0.466 e. The minimum atomic E-state index is -3.13. The van der Waals surface area contributed by atoms with Crippen LogP contribution in [0.3, 0.4) is 0 Å². The van der Waals surface area contributed by atoms with Gasteiger partial charge in [0.05, 0.1) is 17.3 Å². The van der Waals surface area contributed by atoms with E-state index in [2.05, 4.69) is 5.32 Å². The van der Waals surface area contributed by atoms with Gasteiger partial charge >= 0.3 is 12.0 Å². The summed E-state index contributed by atoms with van der Waals surface area (Å²) in [5, 5.41) is 2.32. The molecule has 1 atom stereocenters. The van der Waals surface area contributed by atoms with E-state index in [1.165, 1.54) is 11.2 Å². The second-order valence-corrected chi connectivity index (χ2v) is 8.88. The molecule has 8 heteroatoms. The van der Waals surface area contributed by atoms with Crippen LogP contribution in [-0.4, -0.2) is 63.1 Å². The SMILES string of the molecule is CCOC(=O)C1(CNC(=O)N2CC[C@H](S(C)(=O)=O)C2)CCCC1. The molecular weight excluding hydrogens is 320 g/mol. The van der Waals surface area contributed by atoms with Crippen molar-refractivity contribution in [2.45, 2.75) is 44.3 Å². The van der Waals surface area contributed by atoms with Gasteiger partial charge < -0.3 is 15.0 Å². The Balaban J connectivity index is 1.91. The fraction of sp³-hybridized carbons (Fsp3) is 0.867. The lowest BCUT2D eigenvalue weighted by Crippen LogP contribution is -2.47. The number of hydrogen-bond acceptors (Lipinski definition) is 5. The molecule has 2 amide bonds. The smallest absolute Gasteiger partial charge is 0.317 e. The summed E-state index contributed by atoms with van der Waals surface area (Å²) in [7, 11) is -3.13. The quantitative estimate of drug-likeness (QED) is 0.748. The Morgan fingerprint density at radius 3 is 2.48 bits per heavy atom. The van der Waals surface area contributed by atoms with Crippen molar-refractivity contribution in [1.29, 1.82) is 0 Å². The first-order valence-electron chi connectivity index (χ1n) is 8.17. The third kappa shape index (κ3) is 4.16. The highest BCUT2D eigenvalue weighted by Gasteiger charge is 2.43. The van der Waals surface area contributed by atoms with E-state index in [1.807, 2.05) is 0 Å². The normalized spacial score (nSPS) is 23.7. The predicted molar refractivity (Wildman–Crippen MR) is 85.8 cm³/mol. The third-order valence-corrected chi connectivity index (χ3v) is 6.48. The van der Waals surface area contributed by atoms with Crippen molar-refractivity contribution in [3.8, 4) is 0 Å². The van der Waals surface area contributed by atoms with Crippen molar-refractivity contribution in [2.24, 2.45) is 5.41 Å². The van der Waals surface area contributed by atoms with Crippen molar-refractivity contribution in [2.75, 3.05) is 32.5 Å². The minimum absolute atomic E-state index is 0.219. The molecule has 1 saturated heterocycles. The predicted octanol–water partition coefficient (Wildman–Crippen LogP) is 0.938. The molecule has 132 valence electrons. The molecule has 0 bridgehead atoms. The Labute approximate surface area is 137 Å². The number of ether oxygens (including phenoxy) is 1. The van der Waals surface area contributed by atoms with Gasteiger partial charge in [-0.1, -0.05) is 12.8 Å². The summed E-state index contributed by atoms with van der Waals surface area (Å²) in [6.45, 7) is 3.00. The van der Waals surface area contributed by atoms with E-state index in [0.29, 0.717) is 19.6 Å². The van der Waals surface area contributed by atoms with Crippen molar-refractivity contribution in [3.63, 3.8) is 0 Å². The topological polar surface area (TPSA) is 92.8 Å². The van der Waals surface area contributed by atoms with Crippen LogP contribution in [0, 0.1) is 5.41 Å². The zero-order valence-electron chi connectivity index (χ0n) is 13.8. The molecule has 2 aliphatic rings. The highest BCUT2D eigenvalue weighted by atomic mass is 32.2. The molecule has 1 aliphatic heterocycles. The van der Waals surface area contributed by atoms with Crippen LogP contribution in [-0.2, 0) is 19.4 Å². The molecule has 23 heavy (non-hydrogen) atoms. The van der Waals surface area contributed by atoms with Crippen LogP contribution in [0.25, 0.3) is 0 Å². The Morgan fingerprint density at radius 1 is 1.30 bits per heavy atom. The zero-order chi connectivity index (χ0) is 17.1. The number of nitrogens with one attached hydrogen (secondary N) is 1. The maximum Gasteiger partial charge on any atom is 0.317 e. The average Bonchev–Trinajstić information content (AvgIpc) is 3.14. The van der Waals surface area contributed by atoms with Gasteiger partial charge in [0.15, 0.2) is 9.84 Å². The van der Waals surface area contributed by atoms with Gasteiger partial charge in [0.1, 0.15) is 0 Å². The molecule has 2 fully saturated rings. The lowest BCUT2D eigenvalue weighted by Gasteiger charge is -2.28. The van der Waals surface area contributed by atoms with E-state index >= 15 is 0 Å². The Hall–Kier alpha value is -1.31. The molecule has 1 N–H and O–H groups in total. The maximum atomic E-state index is 12.3. The molecule has 1 heterocycles.